The Morgan fingerprint density at radius 3 is 1.11 bits per heavy atom. The number of ether oxygens (including phenoxy) is 3. The zero-order valence-electron chi connectivity index (χ0n) is 21.5. The quantitative estimate of drug-likeness (QED) is 0.254. The van der Waals surface area contributed by atoms with Crippen molar-refractivity contribution in [2.75, 3.05) is 28.0 Å². The first-order valence-corrected chi connectivity index (χ1v) is 15.1. The molecule has 4 rings (SSSR count). The van der Waals surface area contributed by atoms with E-state index in [1.807, 2.05) is 43.3 Å². The van der Waals surface area contributed by atoms with Crippen molar-refractivity contribution in [3.05, 3.63) is 103 Å². The van der Waals surface area contributed by atoms with E-state index in [1.54, 1.807) is 33.5 Å². The summed E-state index contributed by atoms with van der Waals surface area (Å²) < 4.78 is 47.2. The molecule has 194 valence electrons. The van der Waals surface area contributed by atoms with E-state index in [4.69, 9.17) is 14.2 Å². The largest absolute Gasteiger partial charge is 0.744 e. The zero-order chi connectivity index (χ0) is 27.1. The number of benzene rings is 4. The Morgan fingerprint density at radius 1 is 0.568 bits per heavy atom. The average Bonchev–Trinajstić information content (AvgIpc) is 2.93. The van der Waals surface area contributed by atoms with Crippen LogP contribution in [0.4, 0.5) is 0 Å². The highest BCUT2D eigenvalue weighted by Gasteiger charge is 2.40. The Bertz CT molecular complexity index is 1270. The summed E-state index contributed by atoms with van der Waals surface area (Å²) in [6, 6.07) is 31.0. The molecule has 0 spiro atoms. The van der Waals surface area contributed by atoms with Crippen molar-refractivity contribution in [2.24, 2.45) is 0 Å². The minimum atomic E-state index is -4.27. The van der Waals surface area contributed by atoms with Gasteiger partial charge in [-0.1, -0.05) is 17.7 Å². The van der Waals surface area contributed by atoms with Gasteiger partial charge in [0.15, 0.2) is 0 Å². The van der Waals surface area contributed by atoms with E-state index in [0.717, 1.165) is 22.8 Å². The van der Waals surface area contributed by atoms with Gasteiger partial charge in [-0.3, -0.25) is 0 Å². The molecule has 0 aliphatic heterocycles. The van der Waals surface area contributed by atoms with Crippen LogP contribution in [-0.2, 0) is 10.1 Å². The van der Waals surface area contributed by atoms with Crippen LogP contribution in [0.1, 0.15) is 5.56 Å². The first-order valence-electron chi connectivity index (χ1n) is 11.4. The number of methoxy groups -OCH3 is 3. The van der Waals surface area contributed by atoms with E-state index in [2.05, 4.69) is 43.1 Å². The highest BCUT2D eigenvalue weighted by molar-refractivity contribution is 7.95. The molecule has 0 fully saturated rings. The standard InChI is InChI=1S/C22H24O3P.C7H8O3S/c1-23-17-5-11-20(12-6-17)26(4,21-13-7-18(24-2)8-14-21)22-15-9-19(25-3)10-16-22;1-6-2-4-7(5-3-6)11(8,9)10/h5-16H,1-4H3;2-5H,1H3,(H,8,9,10)/q+1;/p-1. The second kappa shape index (κ2) is 12.2. The molecule has 37 heavy (non-hydrogen) atoms. The minimum Gasteiger partial charge on any atom is -0.744 e. The summed E-state index contributed by atoms with van der Waals surface area (Å²) in [4.78, 5) is -0.178. The van der Waals surface area contributed by atoms with Crippen LogP contribution in [0, 0.1) is 6.92 Å². The average molecular weight is 539 g/mol. The number of rotatable bonds is 7. The molecule has 4 aromatic carbocycles. The van der Waals surface area contributed by atoms with Crippen molar-refractivity contribution >= 4 is 33.3 Å². The van der Waals surface area contributed by atoms with Crippen molar-refractivity contribution in [3.8, 4) is 17.2 Å². The molecule has 0 amide bonds. The molecule has 0 heterocycles. The second-order valence-electron chi connectivity index (χ2n) is 8.37. The molecule has 0 saturated heterocycles. The number of hydrogen-bond donors (Lipinski definition) is 0. The van der Waals surface area contributed by atoms with Gasteiger partial charge in [-0.05, 0) is 91.9 Å². The van der Waals surface area contributed by atoms with Crippen LogP contribution in [0.3, 0.4) is 0 Å². The van der Waals surface area contributed by atoms with Gasteiger partial charge in [0, 0.05) is 0 Å². The third-order valence-electron chi connectivity index (χ3n) is 6.08. The van der Waals surface area contributed by atoms with Crippen LogP contribution < -0.4 is 30.1 Å². The van der Waals surface area contributed by atoms with Gasteiger partial charge >= 0.3 is 0 Å². The van der Waals surface area contributed by atoms with Crippen LogP contribution in [0.5, 0.6) is 17.2 Å². The molecule has 4 aromatic rings. The van der Waals surface area contributed by atoms with E-state index in [-0.39, 0.29) is 4.90 Å². The normalized spacial score (nSPS) is 11.2. The van der Waals surface area contributed by atoms with Gasteiger partial charge in [0.1, 0.15) is 50.5 Å². The van der Waals surface area contributed by atoms with Gasteiger partial charge in [-0.15, -0.1) is 0 Å². The van der Waals surface area contributed by atoms with Crippen molar-refractivity contribution in [1.29, 1.82) is 0 Å². The lowest BCUT2D eigenvalue weighted by Crippen LogP contribution is -2.30. The molecule has 0 unspecified atom stereocenters. The fourth-order valence-electron chi connectivity index (χ4n) is 3.79. The molecule has 0 atom stereocenters. The molecule has 0 radical (unpaired) electrons. The Kier molecular flexibility index (Phi) is 9.33. The monoisotopic (exact) mass is 538 g/mol. The molecule has 0 saturated carbocycles. The van der Waals surface area contributed by atoms with Crippen molar-refractivity contribution in [1.82, 2.24) is 0 Å². The molecular formula is C29H31O6PS. The predicted octanol–water partition coefficient (Wildman–Crippen LogP) is 4.54. The SMILES string of the molecule is COc1ccc([P+](C)(c2ccc(OC)cc2)c2ccc(OC)cc2)cc1.Cc1ccc(S(=O)(=O)[O-])cc1. The van der Waals surface area contributed by atoms with Gasteiger partial charge < -0.3 is 18.8 Å². The van der Waals surface area contributed by atoms with Gasteiger partial charge in [0.2, 0.25) is 0 Å². The molecular weight excluding hydrogens is 507 g/mol. The Hall–Kier alpha value is -3.38. The minimum absolute atomic E-state index is 0.178. The summed E-state index contributed by atoms with van der Waals surface area (Å²) >= 11 is 0. The van der Waals surface area contributed by atoms with Crippen LogP contribution in [-0.4, -0.2) is 41.0 Å². The van der Waals surface area contributed by atoms with E-state index in [1.165, 1.54) is 28.0 Å². The summed E-state index contributed by atoms with van der Waals surface area (Å²) in [6.07, 6.45) is 0. The maximum atomic E-state index is 10.4. The number of hydrogen-bond acceptors (Lipinski definition) is 6. The fourth-order valence-corrected chi connectivity index (χ4v) is 7.39. The van der Waals surface area contributed by atoms with Crippen molar-refractivity contribution < 1.29 is 27.2 Å². The molecule has 0 aliphatic rings. The van der Waals surface area contributed by atoms with Crippen LogP contribution >= 0.6 is 7.26 Å². The number of aryl methyl sites for hydroxylation is 1. The Morgan fingerprint density at radius 2 is 0.865 bits per heavy atom. The second-order valence-corrected chi connectivity index (χ2v) is 13.3. The molecule has 8 heteroatoms. The molecule has 0 N–H and O–H groups in total. The van der Waals surface area contributed by atoms with E-state index in [9.17, 15) is 13.0 Å². The third-order valence-corrected chi connectivity index (χ3v) is 10.9. The molecule has 0 bridgehead atoms. The fraction of sp³-hybridized carbons (Fsp3) is 0.172. The predicted molar refractivity (Wildman–Crippen MR) is 150 cm³/mol. The summed E-state index contributed by atoms with van der Waals surface area (Å²) in [5.74, 6) is 2.60. The lowest BCUT2D eigenvalue weighted by atomic mass is 10.2. The molecule has 0 aliphatic carbocycles. The molecule has 6 nitrogen and oxygen atoms in total. The summed E-state index contributed by atoms with van der Waals surface area (Å²) in [5.41, 5.74) is 0.928. The lowest BCUT2D eigenvalue weighted by Gasteiger charge is -2.23. The summed E-state index contributed by atoms with van der Waals surface area (Å²) in [5, 5.41) is 3.90. The van der Waals surface area contributed by atoms with Crippen LogP contribution in [0.2, 0.25) is 0 Å². The Labute approximate surface area is 219 Å². The molecule has 0 aromatic heterocycles. The van der Waals surface area contributed by atoms with Gasteiger partial charge in [0.05, 0.1) is 32.9 Å². The zero-order valence-corrected chi connectivity index (χ0v) is 23.3. The highest BCUT2D eigenvalue weighted by atomic mass is 32.2. The third kappa shape index (κ3) is 6.89. The first kappa shape index (κ1) is 28.2. The van der Waals surface area contributed by atoms with Crippen LogP contribution in [0.15, 0.2) is 102 Å². The van der Waals surface area contributed by atoms with Crippen molar-refractivity contribution in [2.45, 2.75) is 11.8 Å². The van der Waals surface area contributed by atoms with Gasteiger partial charge in [0.25, 0.3) is 0 Å². The topological polar surface area (TPSA) is 84.9 Å². The maximum Gasteiger partial charge on any atom is 0.124 e. The van der Waals surface area contributed by atoms with E-state index in [0.29, 0.717) is 0 Å². The first-order chi connectivity index (χ1) is 17.6. The van der Waals surface area contributed by atoms with E-state index < -0.39 is 17.4 Å². The summed E-state index contributed by atoms with van der Waals surface area (Å²) in [6.45, 7) is 4.17. The maximum absolute atomic E-state index is 10.4. The van der Waals surface area contributed by atoms with Crippen molar-refractivity contribution in [3.63, 3.8) is 0 Å². The highest BCUT2D eigenvalue weighted by Crippen LogP contribution is 2.52. The smallest absolute Gasteiger partial charge is 0.124 e. The summed E-state index contributed by atoms with van der Waals surface area (Å²) in [7, 11) is -0.981. The van der Waals surface area contributed by atoms with Crippen LogP contribution in [0.25, 0.3) is 0 Å². The van der Waals surface area contributed by atoms with Gasteiger partial charge in [-0.2, -0.15) is 0 Å². The van der Waals surface area contributed by atoms with E-state index >= 15 is 0 Å². The lowest BCUT2D eigenvalue weighted by molar-refractivity contribution is 0.415. The van der Waals surface area contributed by atoms with Gasteiger partial charge in [-0.25, -0.2) is 8.42 Å². The Balaban J connectivity index is 0.000000289.